The molecule has 24 heavy (non-hydrogen) atoms. The van der Waals surface area contributed by atoms with Crippen LogP contribution < -0.4 is 16.0 Å². The number of hydrogen-bond donors (Lipinski definition) is 3. The fraction of sp³-hybridized carbons (Fsp3) is 0.278. The van der Waals surface area contributed by atoms with Crippen molar-refractivity contribution in [3.8, 4) is 0 Å². The van der Waals surface area contributed by atoms with Gasteiger partial charge in [0, 0.05) is 24.0 Å². The molecular formula is C18H22N4O2. The van der Waals surface area contributed by atoms with E-state index in [0.717, 1.165) is 5.56 Å². The van der Waals surface area contributed by atoms with Crippen LogP contribution in [0.25, 0.3) is 0 Å². The van der Waals surface area contributed by atoms with Crippen molar-refractivity contribution in [2.75, 3.05) is 5.32 Å². The number of anilines is 1. The fourth-order valence-corrected chi connectivity index (χ4v) is 1.99. The van der Waals surface area contributed by atoms with Gasteiger partial charge in [0.05, 0.1) is 0 Å². The number of nitrogens with zero attached hydrogens (tertiary/aromatic N) is 1. The summed E-state index contributed by atoms with van der Waals surface area (Å²) >= 11 is 0. The van der Waals surface area contributed by atoms with E-state index in [-0.39, 0.29) is 23.2 Å². The predicted molar refractivity (Wildman–Crippen MR) is 93.8 cm³/mol. The molecule has 0 saturated heterocycles. The van der Waals surface area contributed by atoms with Gasteiger partial charge in [0.1, 0.15) is 5.69 Å². The van der Waals surface area contributed by atoms with Gasteiger partial charge >= 0.3 is 6.03 Å². The van der Waals surface area contributed by atoms with E-state index in [9.17, 15) is 9.59 Å². The Kier molecular flexibility index (Phi) is 5.52. The number of urea groups is 1. The Balaban J connectivity index is 1.94. The van der Waals surface area contributed by atoms with Crippen molar-refractivity contribution in [2.24, 2.45) is 0 Å². The number of pyridine rings is 1. The molecule has 6 nitrogen and oxygen atoms in total. The Labute approximate surface area is 141 Å². The van der Waals surface area contributed by atoms with E-state index in [4.69, 9.17) is 0 Å². The molecule has 0 aliphatic rings. The molecule has 0 bridgehead atoms. The molecule has 6 heteroatoms. The number of rotatable bonds is 4. The van der Waals surface area contributed by atoms with Gasteiger partial charge in [-0.2, -0.15) is 0 Å². The highest BCUT2D eigenvalue weighted by molar-refractivity contribution is 5.95. The molecule has 3 amide bonds. The summed E-state index contributed by atoms with van der Waals surface area (Å²) < 4.78 is 0. The zero-order valence-electron chi connectivity index (χ0n) is 14.1. The molecule has 0 radical (unpaired) electrons. The lowest BCUT2D eigenvalue weighted by Crippen LogP contribution is -2.41. The number of nitrogens with one attached hydrogen (secondary N) is 3. The molecule has 1 heterocycles. The van der Waals surface area contributed by atoms with Crippen LogP contribution in [-0.2, 0) is 6.54 Å². The molecule has 2 rings (SSSR count). The van der Waals surface area contributed by atoms with Gasteiger partial charge in [-0.05, 0) is 38.5 Å². The zero-order valence-corrected chi connectivity index (χ0v) is 14.1. The third-order valence-electron chi connectivity index (χ3n) is 3.03. The predicted octanol–water partition coefficient (Wildman–Crippen LogP) is 2.93. The Morgan fingerprint density at radius 3 is 2.46 bits per heavy atom. The lowest BCUT2D eigenvalue weighted by molar-refractivity contribution is 0.0914. The molecule has 126 valence electrons. The molecule has 0 aliphatic heterocycles. The average Bonchev–Trinajstić information content (AvgIpc) is 2.52. The van der Waals surface area contributed by atoms with Crippen molar-refractivity contribution in [2.45, 2.75) is 32.9 Å². The normalized spacial score (nSPS) is 10.8. The molecule has 0 atom stereocenters. The topological polar surface area (TPSA) is 83.1 Å². The van der Waals surface area contributed by atoms with Gasteiger partial charge in [0.2, 0.25) is 0 Å². The first kappa shape index (κ1) is 17.5. The van der Waals surface area contributed by atoms with Crippen LogP contribution in [0.5, 0.6) is 0 Å². The monoisotopic (exact) mass is 326 g/mol. The highest BCUT2D eigenvalue weighted by Gasteiger charge is 2.16. The number of carbonyl (C=O) groups excluding carboxylic acids is 2. The van der Waals surface area contributed by atoms with Crippen LogP contribution in [0.2, 0.25) is 0 Å². The Morgan fingerprint density at radius 2 is 1.79 bits per heavy atom. The molecule has 0 unspecified atom stereocenters. The van der Waals surface area contributed by atoms with Crippen molar-refractivity contribution in [3.05, 3.63) is 59.9 Å². The first-order valence-corrected chi connectivity index (χ1v) is 7.71. The molecule has 0 aliphatic carbocycles. The molecule has 1 aromatic carbocycles. The third-order valence-corrected chi connectivity index (χ3v) is 3.03. The number of hydrogen-bond acceptors (Lipinski definition) is 3. The van der Waals surface area contributed by atoms with E-state index < -0.39 is 0 Å². The van der Waals surface area contributed by atoms with Crippen LogP contribution in [0.15, 0.2) is 48.7 Å². The number of benzene rings is 1. The second kappa shape index (κ2) is 7.59. The minimum atomic E-state index is -0.352. The third kappa shape index (κ3) is 5.72. The zero-order chi connectivity index (χ0) is 17.6. The van der Waals surface area contributed by atoms with E-state index in [1.165, 1.54) is 6.20 Å². The van der Waals surface area contributed by atoms with Crippen LogP contribution >= 0.6 is 0 Å². The van der Waals surface area contributed by atoms with Gasteiger partial charge in [-0.15, -0.1) is 0 Å². The maximum Gasteiger partial charge on any atom is 0.319 e. The highest BCUT2D eigenvalue weighted by Crippen LogP contribution is 2.09. The number of aromatic nitrogens is 1. The van der Waals surface area contributed by atoms with Crippen LogP contribution in [0.1, 0.15) is 36.8 Å². The molecule has 0 fully saturated rings. The van der Waals surface area contributed by atoms with Crippen LogP contribution in [0.4, 0.5) is 10.5 Å². The number of carbonyl (C=O) groups is 2. The largest absolute Gasteiger partial charge is 0.346 e. The van der Waals surface area contributed by atoms with Crippen molar-refractivity contribution < 1.29 is 9.59 Å². The van der Waals surface area contributed by atoms with E-state index in [1.807, 2.05) is 51.1 Å². The summed E-state index contributed by atoms with van der Waals surface area (Å²) in [6.07, 6.45) is 1.49. The molecule has 3 N–H and O–H groups in total. The van der Waals surface area contributed by atoms with E-state index in [0.29, 0.717) is 12.2 Å². The Bertz CT molecular complexity index is 708. The second-order valence-electron chi connectivity index (χ2n) is 6.43. The summed E-state index contributed by atoms with van der Waals surface area (Å²) in [4.78, 5) is 28.1. The van der Waals surface area contributed by atoms with Crippen molar-refractivity contribution in [1.29, 1.82) is 0 Å². The summed E-state index contributed by atoms with van der Waals surface area (Å²) in [5.74, 6) is -0.282. The Hall–Kier alpha value is -2.89. The van der Waals surface area contributed by atoms with Crippen molar-refractivity contribution in [1.82, 2.24) is 15.6 Å². The molecule has 0 saturated carbocycles. The Morgan fingerprint density at radius 1 is 1.08 bits per heavy atom. The minimum absolute atomic E-state index is 0.255. The van der Waals surface area contributed by atoms with Gasteiger partial charge in [-0.3, -0.25) is 9.78 Å². The molecule has 1 aromatic heterocycles. The van der Waals surface area contributed by atoms with Crippen LogP contribution in [0.3, 0.4) is 0 Å². The lowest BCUT2D eigenvalue weighted by atomic mass is 10.1. The quantitative estimate of drug-likeness (QED) is 0.808. The minimum Gasteiger partial charge on any atom is -0.346 e. The highest BCUT2D eigenvalue weighted by atomic mass is 16.2. The van der Waals surface area contributed by atoms with Crippen molar-refractivity contribution in [3.63, 3.8) is 0 Å². The van der Waals surface area contributed by atoms with E-state index >= 15 is 0 Å². The van der Waals surface area contributed by atoms with Gasteiger partial charge in [0.15, 0.2) is 0 Å². The van der Waals surface area contributed by atoms with E-state index in [1.54, 1.807) is 12.1 Å². The van der Waals surface area contributed by atoms with Gasteiger partial charge < -0.3 is 16.0 Å². The summed E-state index contributed by atoms with van der Waals surface area (Å²) in [5.41, 5.74) is 1.42. The molecule has 2 aromatic rings. The standard InChI is InChI=1S/C18H22N4O2/c1-18(2,3)22-16(23)15-11-14(9-10-19-15)21-17(24)20-12-13-7-5-4-6-8-13/h4-11H,12H2,1-3H3,(H,22,23)(H2,19,20,21,24). The second-order valence-corrected chi connectivity index (χ2v) is 6.43. The molecular weight excluding hydrogens is 304 g/mol. The summed E-state index contributed by atoms with van der Waals surface area (Å²) in [6.45, 7) is 6.10. The fourth-order valence-electron chi connectivity index (χ4n) is 1.99. The summed E-state index contributed by atoms with van der Waals surface area (Å²) in [6, 6.07) is 12.5. The maximum atomic E-state index is 12.1. The van der Waals surface area contributed by atoms with Crippen LogP contribution in [-0.4, -0.2) is 22.5 Å². The summed E-state index contributed by atoms with van der Waals surface area (Å²) in [5, 5.41) is 8.30. The lowest BCUT2D eigenvalue weighted by Gasteiger charge is -2.20. The average molecular weight is 326 g/mol. The smallest absolute Gasteiger partial charge is 0.319 e. The van der Waals surface area contributed by atoms with E-state index in [2.05, 4.69) is 20.9 Å². The SMILES string of the molecule is CC(C)(C)NC(=O)c1cc(NC(=O)NCc2ccccc2)ccn1. The first-order chi connectivity index (χ1) is 11.3. The summed E-state index contributed by atoms with van der Waals surface area (Å²) in [7, 11) is 0. The number of amides is 3. The maximum absolute atomic E-state index is 12.1. The van der Waals surface area contributed by atoms with Gasteiger partial charge in [-0.1, -0.05) is 30.3 Å². The van der Waals surface area contributed by atoms with Gasteiger partial charge in [0.25, 0.3) is 5.91 Å². The first-order valence-electron chi connectivity index (χ1n) is 7.71. The molecule has 0 spiro atoms. The van der Waals surface area contributed by atoms with Gasteiger partial charge in [-0.25, -0.2) is 4.79 Å². The van der Waals surface area contributed by atoms with Crippen LogP contribution in [0, 0.1) is 0 Å². The van der Waals surface area contributed by atoms with Crippen molar-refractivity contribution >= 4 is 17.6 Å².